The first-order chi connectivity index (χ1) is 21.6. The van der Waals surface area contributed by atoms with Gasteiger partial charge in [0.25, 0.3) is 0 Å². The number of alkyl carbamates (subject to hydrolysis) is 1. The molecular weight excluding hydrogens is 611 g/mol. The molecule has 8 nitrogen and oxygen atoms in total. The molecule has 46 heavy (non-hydrogen) atoms. The highest BCUT2D eigenvalue weighted by Gasteiger charge is 2.47. The van der Waals surface area contributed by atoms with Gasteiger partial charge in [-0.15, -0.1) is 0 Å². The number of nitrogens with one attached hydrogen (secondary N) is 1. The predicted octanol–water partition coefficient (Wildman–Crippen LogP) is 7.35. The molecule has 3 heterocycles. The highest BCUT2D eigenvalue weighted by molar-refractivity contribution is 5.84. The summed E-state index contributed by atoms with van der Waals surface area (Å²) in [5, 5.41) is 8.05. The van der Waals surface area contributed by atoms with Crippen molar-refractivity contribution in [3.63, 3.8) is 0 Å². The molecule has 1 saturated heterocycles. The summed E-state index contributed by atoms with van der Waals surface area (Å²) in [7, 11) is 0. The van der Waals surface area contributed by atoms with E-state index in [0.29, 0.717) is 30.6 Å². The molecule has 2 aliphatic heterocycles. The van der Waals surface area contributed by atoms with E-state index >= 15 is 8.78 Å². The number of carbonyl (C=O) groups excluding carboxylic acids is 1. The summed E-state index contributed by atoms with van der Waals surface area (Å²) in [4.78, 5) is 13.4. The fraction of sp³-hybridized carbons (Fsp3) is 0.576. The van der Waals surface area contributed by atoms with Crippen LogP contribution in [0.2, 0.25) is 0 Å². The van der Waals surface area contributed by atoms with Crippen molar-refractivity contribution in [1.82, 2.24) is 20.0 Å². The van der Waals surface area contributed by atoms with Crippen LogP contribution >= 0.6 is 0 Å². The number of alkyl halides is 3. The van der Waals surface area contributed by atoms with Crippen LogP contribution in [0.1, 0.15) is 88.8 Å². The third-order valence-electron chi connectivity index (χ3n) is 8.87. The van der Waals surface area contributed by atoms with Gasteiger partial charge in [-0.3, -0.25) is 4.90 Å². The molecule has 1 amide bonds. The van der Waals surface area contributed by atoms with Crippen molar-refractivity contribution in [1.29, 1.82) is 0 Å². The van der Waals surface area contributed by atoms with E-state index in [2.05, 4.69) is 10.4 Å². The molecule has 250 valence electrons. The zero-order chi connectivity index (χ0) is 33.0. The van der Waals surface area contributed by atoms with Crippen LogP contribution in [-0.4, -0.2) is 63.9 Å². The largest absolute Gasteiger partial charge is 0.491 e. The van der Waals surface area contributed by atoms with Gasteiger partial charge >= 0.3 is 12.3 Å². The number of rotatable bonds is 7. The van der Waals surface area contributed by atoms with Crippen LogP contribution in [0.25, 0.3) is 10.9 Å². The molecule has 1 saturated carbocycles. The first-order valence-corrected chi connectivity index (χ1v) is 15.7. The molecule has 1 N–H and O–H groups in total. The number of ether oxygens (including phenoxy) is 3. The number of halogens is 5. The number of hydrogen-bond donors (Lipinski definition) is 1. The molecule has 2 fully saturated rings. The van der Waals surface area contributed by atoms with E-state index in [4.69, 9.17) is 14.2 Å². The predicted molar refractivity (Wildman–Crippen MR) is 160 cm³/mol. The van der Waals surface area contributed by atoms with Crippen molar-refractivity contribution in [2.45, 2.75) is 102 Å². The molecule has 3 aromatic rings. The lowest BCUT2D eigenvalue weighted by Crippen LogP contribution is -2.47. The minimum absolute atomic E-state index is 0.0549. The Kier molecular flexibility index (Phi) is 8.45. The summed E-state index contributed by atoms with van der Waals surface area (Å²) in [6.45, 7) is 6.05. The molecule has 13 heteroatoms. The molecule has 1 aliphatic carbocycles. The third kappa shape index (κ3) is 6.80. The Morgan fingerprint density at radius 1 is 1.13 bits per heavy atom. The molecule has 0 bridgehead atoms. The van der Waals surface area contributed by atoms with Gasteiger partial charge in [0.1, 0.15) is 29.6 Å². The van der Waals surface area contributed by atoms with Crippen LogP contribution in [0, 0.1) is 11.6 Å². The monoisotopic (exact) mass is 650 g/mol. The minimum atomic E-state index is -4.60. The number of amides is 1. The maximum atomic E-state index is 16.0. The van der Waals surface area contributed by atoms with E-state index in [-0.39, 0.29) is 25.0 Å². The van der Waals surface area contributed by atoms with Gasteiger partial charge in [-0.2, -0.15) is 18.3 Å². The van der Waals surface area contributed by atoms with E-state index in [1.165, 1.54) is 0 Å². The Labute approximate surface area is 264 Å². The van der Waals surface area contributed by atoms with Crippen molar-refractivity contribution in [3.05, 3.63) is 58.8 Å². The topological polar surface area (TPSA) is 77.8 Å². The molecule has 2 aromatic carbocycles. The van der Waals surface area contributed by atoms with Gasteiger partial charge in [0.2, 0.25) is 0 Å². The maximum absolute atomic E-state index is 16.0. The van der Waals surface area contributed by atoms with Gasteiger partial charge in [0, 0.05) is 35.7 Å². The number of carbonyl (C=O) groups is 1. The van der Waals surface area contributed by atoms with Crippen LogP contribution in [0.5, 0.6) is 5.75 Å². The maximum Gasteiger partial charge on any atom is 0.408 e. The number of aromatic nitrogens is 2. The molecule has 3 atom stereocenters. The summed E-state index contributed by atoms with van der Waals surface area (Å²) in [5.74, 6) is -2.18. The van der Waals surface area contributed by atoms with Crippen LogP contribution in [0.15, 0.2) is 30.5 Å². The van der Waals surface area contributed by atoms with Crippen LogP contribution in [0.3, 0.4) is 0 Å². The fourth-order valence-corrected chi connectivity index (χ4v) is 6.55. The zero-order valence-electron chi connectivity index (χ0n) is 26.3. The van der Waals surface area contributed by atoms with E-state index in [1.54, 1.807) is 50.7 Å². The number of nitrogens with zero attached hydrogens (tertiary/aromatic N) is 3. The second kappa shape index (κ2) is 12.0. The van der Waals surface area contributed by atoms with Gasteiger partial charge in [0.15, 0.2) is 6.23 Å². The van der Waals surface area contributed by atoms with Crippen LogP contribution in [0.4, 0.5) is 26.7 Å². The van der Waals surface area contributed by atoms with Gasteiger partial charge in [-0.25, -0.2) is 18.3 Å². The van der Waals surface area contributed by atoms with E-state index in [1.807, 2.05) is 0 Å². The van der Waals surface area contributed by atoms with Crippen molar-refractivity contribution < 1.29 is 41.0 Å². The average Bonchev–Trinajstić information content (AvgIpc) is 3.57. The second-order valence-corrected chi connectivity index (χ2v) is 13.7. The fourth-order valence-electron chi connectivity index (χ4n) is 6.55. The number of fused-ring (bicyclic) bond motifs is 3. The van der Waals surface area contributed by atoms with Crippen molar-refractivity contribution in [2.75, 3.05) is 19.8 Å². The SMILES string of the molecule is C[C@@H]1Cc2c(ccc3c2cnn3C2CCCCO2)[C@@H](c2c(F)cc(OCC3(NC(=O)OC(C)(C)C)CC3)cc2F)N1CC(F)(F)F. The summed E-state index contributed by atoms with van der Waals surface area (Å²) >= 11 is 0. The lowest BCUT2D eigenvalue weighted by Gasteiger charge is -2.42. The Balaban J connectivity index is 1.32. The second-order valence-electron chi connectivity index (χ2n) is 13.7. The van der Waals surface area contributed by atoms with E-state index < -0.39 is 59.2 Å². The Morgan fingerprint density at radius 2 is 1.85 bits per heavy atom. The molecule has 3 aliphatic rings. The third-order valence-corrected chi connectivity index (χ3v) is 8.87. The Bertz CT molecular complexity index is 1580. The summed E-state index contributed by atoms with van der Waals surface area (Å²) in [6, 6.07) is 3.33. The highest BCUT2D eigenvalue weighted by atomic mass is 19.4. The Morgan fingerprint density at radius 3 is 2.46 bits per heavy atom. The summed E-state index contributed by atoms with van der Waals surface area (Å²) in [5.41, 5.74) is -0.0519. The van der Waals surface area contributed by atoms with Crippen LogP contribution in [-0.2, 0) is 15.9 Å². The minimum Gasteiger partial charge on any atom is -0.491 e. The number of hydrogen-bond acceptors (Lipinski definition) is 6. The molecule has 6 rings (SSSR count). The molecule has 0 radical (unpaired) electrons. The van der Waals surface area contributed by atoms with Crippen LogP contribution < -0.4 is 10.1 Å². The summed E-state index contributed by atoms with van der Waals surface area (Å²) < 4.78 is 92.3. The average molecular weight is 651 g/mol. The Hall–Kier alpha value is -3.45. The van der Waals surface area contributed by atoms with E-state index in [0.717, 1.165) is 47.2 Å². The van der Waals surface area contributed by atoms with Gasteiger partial charge in [-0.05, 0) is 83.4 Å². The highest BCUT2D eigenvalue weighted by Crippen LogP contribution is 2.45. The first-order valence-electron chi connectivity index (χ1n) is 15.7. The normalized spacial score (nSPS) is 23.2. The quantitative estimate of drug-likeness (QED) is 0.270. The first kappa shape index (κ1) is 32.5. The van der Waals surface area contributed by atoms with Crippen molar-refractivity contribution >= 4 is 17.0 Å². The zero-order valence-corrected chi connectivity index (χ0v) is 26.3. The smallest absolute Gasteiger partial charge is 0.408 e. The molecule has 1 unspecified atom stereocenters. The van der Waals surface area contributed by atoms with Gasteiger partial charge in [-0.1, -0.05) is 6.07 Å². The van der Waals surface area contributed by atoms with E-state index in [9.17, 15) is 18.0 Å². The molecule has 0 spiro atoms. The molecule has 1 aromatic heterocycles. The van der Waals surface area contributed by atoms with Crippen molar-refractivity contribution in [2.24, 2.45) is 0 Å². The molecular formula is C33H39F5N4O4. The standard InChI is InChI=1S/C33H39F5N4O4/c1-19-13-22-21(8-9-26-23(22)16-39-42(26)27-7-5-6-12-44-27)29(41(19)17-33(36,37)38)28-24(34)14-20(15-25(28)35)45-18-32(10-11-32)40-30(43)46-31(2,3)4/h8-9,14-16,19,27,29H,5-7,10-13,17-18H2,1-4H3,(H,40,43)/t19-,27?,29+/m1/s1. The van der Waals surface area contributed by atoms with Gasteiger partial charge in [0.05, 0.1) is 29.8 Å². The lowest BCUT2D eigenvalue weighted by atomic mass is 9.83. The number of benzene rings is 2. The summed E-state index contributed by atoms with van der Waals surface area (Å²) in [6.07, 6.45) is 0.355. The van der Waals surface area contributed by atoms with Crippen molar-refractivity contribution in [3.8, 4) is 5.75 Å². The lowest BCUT2D eigenvalue weighted by molar-refractivity contribution is -0.155. The van der Waals surface area contributed by atoms with Gasteiger partial charge < -0.3 is 19.5 Å².